The summed E-state index contributed by atoms with van der Waals surface area (Å²) in [5.74, 6) is -4.54. The normalized spacial score (nSPS) is 39.0. The smallest absolute Gasteiger partial charge is 0.312 e. The molecule has 0 aromatic carbocycles. The van der Waals surface area contributed by atoms with Gasteiger partial charge in [-0.15, -0.1) is 11.6 Å². The number of allylic oxidation sites excluding steroid dienone is 2. The zero-order chi connectivity index (χ0) is 27.0. The predicted molar refractivity (Wildman–Crippen MR) is 129 cm³/mol. The number of aliphatic hydroxyl groups is 1. The Morgan fingerprint density at radius 1 is 1.17 bits per heavy atom. The molecule has 1 aliphatic heterocycles. The van der Waals surface area contributed by atoms with Gasteiger partial charge in [-0.05, 0) is 37.5 Å². The fourth-order valence-corrected chi connectivity index (χ4v) is 5.93. The summed E-state index contributed by atoms with van der Waals surface area (Å²) in [5.41, 5.74) is -2.23. The van der Waals surface area contributed by atoms with E-state index < -0.39 is 71.1 Å². The molecule has 3 rings (SSSR count). The lowest BCUT2D eigenvalue weighted by Crippen LogP contribution is -2.65. The van der Waals surface area contributed by atoms with Crippen molar-refractivity contribution in [3.63, 3.8) is 0 Å². The van der Waals surface area contributed by atoms with Crippen LogP contribution >= 0.6 is 11.6 Å². The lowest BCUT2D eigenvalue weighted by atomic mass is 9.55. The fourth-order valence-electron chi connectivity index (χ4n) is 5.75. The second kappa shape index (κ2) is 10.4. The van der Waals surface area contributed by atoms with Gasteiger partial charge < -0.3 is 24.1 Å². The van der Waals surface area contributed by atoms with Gasteiger partial charge in [-0.2, -0.15) is 0 Å². The van der Waals surface area contributed by atoms with Gasteiger partial charge in [0.05, 0.1) is 11.3 Å². The largest absolute Gasteiger partial charge is 0.462 e. The van der Waals surface area contributed by atoms with Crippen molar-refractivity contribution < 1.29 is 43.2 Å². The molecule has 0 unspecified atom stereocenters. The van der Waals surface area contributed by atoms with Gasteiger partial charge in [-0.1, -0.05) is 25.2 Å². The predicted octanol–water partition coefficient (Wildman–Crippen LogP) is 2.78. The number of fused-ring (bicyclic) bond motifs is 2. The van der Waals surface area contributed by atoms with Gasteiger partial charge >= 0.3 is 23.9 Å². The second-order valence-electron chi connectivity index (χ2n) is 9.90. The average molecular weight is 525 g/mol. The molecule has 9 nitrogen and oxygen atoms in total. The number of esters is 4. The van der Waals surface area contributed by atoms with Crippen molar-refractivity contribution >= 4 is 35.5 Å². The van der Waals surface area contributed by atoms with Crippen molar-refractivity contribution in [1.82, 2.24) is 0 Å². The molecule has 1 saturated heterocycles. The highest BCUT2D eigenvalue weighted by atomic mass is 35.5. The van der Waals surface area contributed by atoms with E-state index >= 15 is 0 Å². The first-order valence-electron chi connectivity index (χ1n) is 11.8. The average Bonchev–Trinajstić information content (AvgIpc) is 2.99. The third kappa shape index (κ3) is 4.83. The van der Waals surface area contributed by atoms with Crippen molar-refractivity contribution in [1.29, 1.82) is 0 Å². The highest BCUT2D eigenvalue weighted by Crippen LogP contribution is 2.55. The van der Waals surface area contributed by atoms with Crippen LogP contribution in [-0.2, 0) is 38.1 Å². The van der Waals surface area contributed by atoms with Crippen molar-refractivity contribution in [3.8, 4) is 0 Å². The van der Waals surface area contributed by atoms with Gasteiger partial charge in [0.2, 0.25) is 0 Å². The molecule has 1 heterocycles. The molecule has 0 bridgehead atoms. The minimum atomic E-state index is -2.03. The summed E-state index contributed by atoms with van der Waals surface area (Å²) >= 11 is 6.16. The standard InChI is InChI=1S/C26H33ClO9/c1-13-7-9-19(33-15(3)28)25(6)20(34-16(4)29)10-8-18(12-27)11-21-26(32,14(2)24(31)36-21)23(22(13)25)35-17(5)30/h8,10-11,14,19-23,32H,1,7,9,12H2,2-6H3/b10-8+,18-11?/t14-,19-,20-,21-,22+,23-,25+,26-/m0/s1. The van der Waals surface area contributed by atoms with E-state index in [-0.39, 0.29) is 5.88 Å². The molecule has 0 aromatic heterocycles. The van der Waals surface area contributed by atoms with E-state index in [1.807, 2.05) is 0 Å². The Balaban J connectivity index is 2.39. The maximum Gasteiger partial charge on any atom is 0.312 e. The number of hydrogen-bond donors (Lipinski definition) is 1. The van der Waals surface area contributed by atoms with Crippen molar-refractivity contribution in [2.75, 3.05) is 5.88 Å². The van der Waals surface area contributed by atoms with Crippen LogP contribution in [0, 0.1) is 17.3 Å². The lowest BCUT2D eigenvalue weighted by molar-refractivity contribution is -0.214. The van der Waals surface area contributed by atoms with Crippen LogP contribution in [0.1, 0.15) is 47.5 Å². The summed E-state index contributed by atoms with van der Waals surface area (Å²) in [6.07, 6.45) is 1.10. The number of halogens is 1. The molecule has 0 radical (unpaired) electrons. The topological polar surface area (TPSA) is 125 Å². The van der Waals surface area contributed by atoms with Crippen molar-refractivity contribution in [2.24, 2.45) is 17.3 Å². The van der Waals surface area contributed by atoms with Crippen molar-refractivity contribution in [2.45, 2.75) is 77.5 Å². The van der Waals surface area contributed by atoms with Crippen LogP contribution < -0.4 is 0 Å². The van der Waals surface area contributed by atoms with E-state index in [0.717, 1.165) is 0 Å². The number of hydrogen-bond acceptors (Lipinski definition) is 9. The van der Waals surface area contributed by atoms with E-state index in [2.05, 4.69) is 6.58 Å². The Labute approximate surface area is 215 Å². The Morgan fingerprint density at radius 2 is 1.78 bits per heavy atom. The molecule has 1 saturated carbocycles. The summed E-state index contributed by atoms with van der Waals surface area (Å²) in [7, 11) is 0. The molecule has 2 aliphatic carbocycles. The third-order valence-corrected chi connectivity index (χ3v) is 7.86. The van der Waals surface area contributed by atoms with Gasteiger partial charge in [-0.25, -0.2) is 0 Å². The molecule has 0 spiro atoms. The van der Waals surface area contributed by atoms with Crippen LogP contribution in [0.4, 0.5) is 0 Å². The van der Waals surface area contributed by atoms with Crippen LogP contribution in [0.15, 0.2) is 36.0 Å². The van der Waals surface area contributed by atoms with Gasteiger partial charge in [0.25, 0.3) is 0 Å². The Morgan fingerprint density at radius 3 is 2.33 bits per heavy atom. The highest BCUT2D eigenvalue weighted by molar-refractivity contribution is 6.19. The van der Waals surface area contributed by atoms with Crippen LogP contribution in [0.25, 0.3) is 0 Å². The molecule has 8 atom stereocenters. The van der Waals surface area contributed by atoms with E-state index in [9.17, 15) is 24.3 Å². The summed E-state index contributed by atoms with van der Waals surface area (Å²) in [6.45, 7) is 11.1. The third-order valence-electron chi connectivity index (χ3n) is 7.55. The number of ether oxygens (including phenoxy) is 4. The SMILES string of the molecule is C=C1CC[C@H](OC(C)=O)[C@]2(C)[C@@H](OC(C)=O)/C=C/C(CCl)=C[C@@H]3OC(=O)[C@H](C)[C@@]3(O)[C@@H](OC(C)=O)[C@@H]12. The first kappa shape index (κ1) is 27.9. The molecular weight excluding hydrogens is 492 g/mol. The molecule has 198 valence electrons. The minimum absolute atomic E-state index is 0.0136. The number of carbonyl (C=O) groups excluding carboxylic acids is 4. The molecule has 2 fully saturated rings. The summed E-state index contributed by atoms with van der Waals surface area (Å²) in [5, 5.41) is 12.2. The van der Waals surface area contributed by atoms with Gasteiger partial charge in [-0.3, -0.25) is 19.2 Å². The van der Waals surface area contributed by atoms with Crippen LogP contribution in [-0.4, -0.2) is 64.9 Å². The Hall–Kier alpha value is -2.65. The summed E-state index contributed by atoms with van der Waals surface area (Å²) in [4.78, 5) is 49.5. The maximum absolute atomic E-state index is 12.7. The van der Waals surface area contributed by atoms with Gasteiger partial charge in [0.15, 0.2) is 11.7 Å². The van der Waals surface area contributed by atoms with Crippen LogP contribution in [0.2, 0.25) is 0 Å². The molecule has 3 aliphatic rings. The van der Waals surface area contributed by atoms with E-state index in [1.54, 1.807) is 19.1 Å². The maximum atomic E-state index is 12.7. The van der Waals surface area contributed by atoms with Crippen LogP contribution in [0.5, 0.6) is 0 Å². The summed E-state index contributed by atoms with van der Waals surface area (Å²) in [6, 6.07) is 0. The molecule has 0 amide bonds. The Kier molecular flexibility index (Phi) is 8.05. The minimum Gasteiger partial charge on any atom is -0.462 e. The molecular formula is C26H33ClO9. The zero-order valence-electron chi connectivity index (χ0n) is 21.1. The second-order valence-corrected chi connectivity index (χ2v) is 10.2. The molecule has 36 heavy (non-hydrogen) atoms. The van der Waals surface area contributed by atoms with Crippen molar-refractivity contribution in [3.05, 3.63) is 36.0 Å². The Bertz CT molecular complexity index is 1020. The lowest BCUT2D eigenvalue weighted by Gasteiger charge is -2.54. The molecule has 10 heteroatoms. The van der Waals surface area contributed by atoms with Crippen LogP contribution in [0.3, 0.4) is 0 Å². The first-order valence-corrected chi connectivity index (χ1v) is 12.4. The quantitative estimate of drug-likeness (QED) is 0.256. The number of rotatable bonds is 4. The number of carbonyl (C=O) groups is 4. The van der Waals surface area contributed by atoms with E-state index in [0.29, 0.717) is 24.0 Å². The molecule has 0 aromatic rings. The van der Waals surface area contributed by atoms with E-state index in [4.69, 9.17) is 30.5 Å². The first-order chi connectivity index (χ1) is 16.8. The van der Waals surface area contributed by atoms with Gasteiger partial charge in [0.1, 0.15) is 18.3 Å². The summed E-state index contributed by atoms with van der Waals surface area (Å²) < 4.78 is 22.8. The number of alkyl halides is 1. The molecule has 1 N–H and O–H groups in total. The van der Waals surface area contributed by atoms with E-state index in [1.165, 1.54) is 33.8 Å². The fraction of sp³-hybridized carbons (Fsp3) is 0.615. The monoisotopic (exact) mass is 524 g/mol. The van der Waals surface area contributed by atoms with Gasteiger partial charge in [0, 0.05) is 32.6 Å². The zero-order valence-corrected chi connectivity index (χ0v) is 21.9. The highest BCUT2D eigenvalue weighted by Gasteiger charge is 2.67.